The fraction of sp³-hybridized carbons (Fsp3) is 0.400. The number of aliphatic hydroxyl groups is 1. The van der Waals surface area contributed by atoms with Gasteiger partial charge >= 0.3 is 0 Å². The predicted octanol–water partition coefficient (Wildman–Crippen LogP) is 2.66. The standard InChI is InChI=1S/C10H11ClF2O3/c1-15-7-4-5(11)3-6(9(7)16-2)8(14)10(12)13/h3-4,8,10,14H,1-2H3. The van der Waals surface area contributed by atoms with Crippen LogP contribution in [0.5, 0.6) is 11.5 Å². The number of hydrogen-bond donors (Lipinski definition) is 1. The first kappa shape index (κ1) is 13.0. The molecule has 1 aromatic carbocycles. The van der Waals surface area contributed by atoms with Crippen molar-refractivity contribution in [2.75, 3.05) is 14.2 Å². The van der Waals surface area contributed by atoms with Crippen molar-refractivity contribution in [2.24, 2.45) is 0 Å². The molecule has 0 amide bonds. The summed E-state index contributed by atoms with van der Waals surface area (Å²) in [5.41, 5.74) is -0.0955. The molecule has 0 aliphatic rings. The summed E-state index contributed by atoms with van der Waals surface area (Å²) in [4.78, 5) is 0. The van der Waals surface area contributed by atoms with Crippen LogP contribution in [0.4, 0.5) is 8.78 Å². The van der Waals surface area contributed by atoms with Crippen LogP contribution in [-0.2, 0) is 0 Å². The number of rotatable bonds is 4. The van der Waals surface area contributed by atoms with E-state index < -0.39 is 12.5 Å². The Morgan fingerprint density at radius 1 is 1.25 bits per heavy atom. The minimum atomic E-state index is -2.92. The molecule has 0 spiro atoms. The normalized spacial score (nSPS) is 12.7. The minimum Gasteiger partial charge on any atom is -0.493 e. The Morgan fingerprint density at radius 2 is 1.88 bits per heavy atom. The van der Waals surface area contributed by atoms with Gasteiger partial charge in [-0.15, -0.1) is 0 Å². The largest absolute Gasteiger partial charge is 0.493 e. The van der Waals surface area contributed by atoms with Gasteiger partial charge in [-0.2, -0.15) is 0 Å². The van der Waals surface area contributed by atoms with Crippen LogP contribution in [0.3, 0.4) is 0 Å². The molecular weight excluding hydrogens is 242 g/mol. The topological polar surface area (TPSA) is 38.7 Å². The van der Waals surface area contributed by atoms with E-state index in [4.69, 9.17) is 21.1 Å². The highest BCUT2D eigenvalue weighted by Crippen LogP contribution is 2.39. The molecule has 0 heterocycles. The van der Waals surface area contributed by atoms with Crippen LogP contribution in [0, 0.1) is 0 Å². The van der Waals surface area contributed by atoms with E-state index in [1.807, 2.05) is 0 Å². The van der Waals surface area contributed by atoms with Gasteiger partial charge in [-0.25, -0.2) is 8.78 Å². The van der Waals surface area contributed by atoms with Gasteiger partial charge in [0, 0.05) is 16.7 Å². The minimum absolute atomic E-state index is 0.0553. The maximum atomic E-state index is 12.4. The van der Waals surface area contributed by atoms with Gasteiger partial charge in [-0.1, -0.05) is 11.6 Å². The van der Waals surface area contributed by atoms with E-state index in [0.717, 1.165) is 0 Å². The number of ether oxygens (including phenoxy) is 2. The second-order valence-electron chi connectivity index (χ2n) is 3.01. The van der Waals surface area contributed by atoms with Crippen LogP contribution in [0.1, 0.15) is 11.7 Å². The van der Waals surface area contributed by atoms with Gasteiger partial charge < -0.3 is 14.6 Å². The third kappa shape index (κ3) is 2.54. The first-order chi connectivity index (χ1) is 7.51. The van der Waals surface area contributed by atoms with Crippen LogP contribution < -0.4 is 9.47 Å². The van der Waals surface area contributed by atoms with E-state index in [1.165, 1.54) is 26.4 Å². The molecule has 1 atom stereocenters. The highest BCUT2D eigenvalue weighted by molar-refractivity contribution is 6.30. The number of benzene rings is 1. The number of hydrogen-bond acceptors (Lipinski definition) is 3. The van der Waals surface area contributed by atoms with Crippen molar-refractivity contribution in [1.82, 2.24) is 0 Å². The highest BCUT2D eigenvalue weighted by atomic mass is 35.5. The Balaban J connectivity index is 3.30. The zero-order valence-corrected chi connectivity index (χ0v) is 9.46. The zero-order chi connectivity index (χ0) is 12.3. The Labute approximate surface area is 96.5 Å². The molecular formula is C10H11ClF2O3. The third-order valence-electron chi connectivity index (χ3n) is 2.03. The molecule has 0 radical (unpaired) electrons. The van der Waals surface area contributed by atoms with E-state index in [0.29, 0.717) is 0 Å². The van der Waals surface area contributed by atoms with E-state index in [-0.39, 0.29) is 22.1 Å². The van der Waals surface area contributed by atoms with Crippen molar-refractivity contribution < 1.29 is 23.4 Å². The Kier molecular flexibility index (Phi) is 4.32. The Hall–Kier alpha value is -1.07. The molecule has 0 aliphatic carbocycles. The number of methoxy groups -OCH3 is 2. The molecule has 0 aromatic heterocycles. The summed E-state index contributed by atoms with van der Waals surface area (Å²) < 4.78 is 34.7. The van der Waals surface area contributed by atoms with Crippen LogP contribution in [0.15, 0.2) is 12.1 Å². The first-order valence-corrected chi connectivity index (χ1v) is 4.76. The summed E-state index contributed by atoms with van der Waals surface area (Å²) in [7, 11) is 2.65. The summed E-state index contributed by atoms with van der Waals surface area (Å²) in [5.74, 6) is 0.254. The van der Waals surface area contributed by atoms with Crippen LogP contribution in [0.25, 0.3) is 0 Å². The smallest absolute Gasteiger partial charge is 0.268 e. The van der Waals surface area contributed by atoms with Gasteiger partial charge in [0.25, 0.3) is 6.43 Å². The summed E-state index contributed by atoms with van der Waals surface area (Å²) in [5, 5.41) is 9.50. The molecule has 0 saturated heterocycles. The molecule has 90 valence electrons. The molecule has 0 bridgehead atoms. The second-order valence-corrected chi connectivity index (χ2v) is 3.45. The molecule has 0 fully saturated rings. The summed E-state index contributed by atoms with van der Waals surface area (Å²) in [6.07, 6.45) is -4.88. The maximum Gasteiger partial charge on any atom is 0.268 e. The number of halogens is 3. The third-order valence-corrected chi connectivity index (χ3v) is 2.25. The van der Waals surface area contributed by atoms with Crippen LogP contribution in [-0.4, -0.2) is 25.8 Å². The van der Waals surface area contributed by atoms with Gasteiger partial charge in [0.1, 0.15) is 6.10 Å². The van der Waals surface area contributed by atoms with Gasteiger partial charge in [-0.3, -0.25) is 0 Å². The molecule has 0 saturated carbocycles. The lowest BCUT2D eigenvalue weighted by atomic mass is 10.1. The zero-order valence-electron chi connectivity index (χ0n) is 8.71. The van der Waals surface area contributed by atoms with Crippen molar-refractivity contribution in [1.29, 1.82) is 0 Å². The average Bonchev–Trinajstić information content (AvgIpc) is 2.26. The van der Waals surface area contributed by atoms with Crippen molar-refractivity contribution in [3.05, 3.63) is 22.7 Å². The molecule has 1 N–H and O–H groups in total. The fourth-order valence-electron chi connectivity index (χ4n) is 1.31. The summed E-state index contributed by atoms with van der Waals surface area (Å²) in [6.45, 7) is 0. The maximum absolute atomic E-state index is 12.4. The molecule has 3 nitrogen and oxygen atoms in total. The van der Waals surface area contributed by atoms with E-state index in [9.17, 15) is 13.9 Å². The summed E-state index contributed by atoms with van der Waals surface area (Å²) in [6, 6.07) is 2.64. The van der Waals surface area contributed by atoms with E-state index >= 15 is 0 Å². The first-order valence-electron chi connectivity index (χ1n) is 4.39. The average molecular weight is 253 g/mol. The lowest BCUT2D eigenvalue weighted by Gasteiger charge is -2.17. The quantitative estimate of drug-likeness (QED) is 0.895. The van der Waals surface area contributed by atoms with E-state index in [1.54, 1.807) is 0 Å². The van der Waals surface area contributed by atoms with Gasteiger partial charge in [0.15, 0.2) is 11.5 Å². The van der Waals surface area contributed by atoms with Crippen LogP contribution in [0.2, 0.25) is 5.02 Å². The predicted molar refractivity (Wildman–Crippen MR) is 55.5 cm³/mol. The van der Waals surface area contributed by atoms with Crippen molar-refractivity contribution >= 4 is 11.6 Å². The highest BCUT2D eigenvalue weighted by Gasteiger charge is 2.25. The Bertz CT molecular complexity index is 371. The lowest BCUT2D eigenvalue weighted by molar-refractivity contribution is -0.00712. The summed E-state index contributed by atoms with van der Waals surface area (Å²) >= 11 is 5.71. The van der Waals surface area contributed by atoms with Gasteiger partial charge in [-0.05, 0) is 6.07 Å². The number of aliphatic hydroxyl groups excluding tert-OH is 1. The molecule has 1 unspecified atom stereocenters. The molecule has 0 aliphatic heterocycles. The van der Waals surface area contributed by atoms with Gasteiger partial charge in [0.05, 0.1) is 14.2 Å². The van der Waals surface area contributed by atoms with Crippen molar-refractivity contribution in [3.63, 3.8) is 0 Å². The fourth-order valence-corrected chi connectivity index (χ4v) is 1.53. The van der Waals surface area contributed by atoms with Gasteiger partial charge in [0.2, 0.25) is 0 Å². The Morgan fingerprint density at radius 3 is 2.31 bits per heavy atom. The van der Waals surface area contributed by atoms with Crippen molar-refractivity contribution in [3.8, 4) is 11.5 Å². The second kappa shape index (κ2) is 5.32. The molecule has 16 heavy (non-hydrogen) atoms. The molecule has 1 aromatic rings. The van der Waals surface area contributed by atoms with Crippen LogP contribution >= 0.6 is 11.6 Å². The SMILES string of the molecule is COc1cc(Cl)cc(C(O)C(F)F)c1OC. The molecule has 1 rings (SSSR count). The van der Waals surface area contributed by atoms with E-state index in [2.05, 4.69) is 0 Å². The number of alkyl halides is 2. The monoisotopic (exact) mass is 252 g/mol. The lowest BCUT2D eigenvalue weighted by Crippen LogP contribution is -2.10. The molecule has 6 heteroatoms. The van der Waals surface area contributed by atoms with Crippen molar-refractivity contribution in [2.45, 2.75) is 12.5 Å².